The third-order valence-electron chi connectivity index (χ3n) is 3.91. The standard InChI is InChI=1S/C14H21NS2/c1-3-4-10-8-12(10)15-13-7-9(2)17-14-11(13)5-6-16-14/h5-6,9-10,12-13,15H,3-4,7-8H2,1-2H3/t9-,10?,12?,13?/m0/s1. The second-order valence-electron chi connectivity index (χ2n) is 5.44. The molecule has 94 valence electrons. The molecule has 4 atom stereocenters. The maximum atomic E-state index is 3.89. The first-order valence-corrected chi connectivity index (χ1v) is 8.54. The van der Waals surface area contributed by atoms with Crippen LogP contribution in [-0.4, -0.2) is 11.3 Å². The van der Waals surface area contributed by atoms with Gasteiger partial charge in [-0.15, -0.1) is 23.1 Å². The van der Waals surface area contributed by atoms with Crippen LogP contribution in [0.25, 0.3) is 0 Å². The van der Waals surface area contributed by atoms with E-state index in [0.29, 0.717) is 6.04 Å². The van der Waals surface area contributed by atoms with Gasteiger partial charge in [0.15, 0.2) is 0 Å². The average Bonchev–Trinajstić information content (AvgIpc) is 2.85. The molecular weight excluding hydrogens is 246 g/mol. The number of hydrogen-bond acceptors (Lipinski definition) is 3. The SMILES string of the molecule is CCCC1CC1NC1C[C@H](C)Sc2sccc21. The van der Waals surface area contributed by atoms with Crippen molar-refractivity contribution in [2.75, 3.05) is 0 Å². The van der Waals surface area contributed by atoms with Gasteiger partial charge >= 0.3 is 0 Å². The second-order valence-corrected chi connectivity index (χ2v) is 8.06. The predicted molar refractivity (Wildman–Crippen MR) is 76.9 cm³/mol. The fourth-order valence-electron chi connectivity index (χ4n) is 2.91. The third-order valence-corrected chi connectivity index (χ3v) is 6.25. The zero-order valence-electron chi connectivity index (χ0n) is 10.6. The molecule has 0 aromatic carbocycles. The Hall–Kier alpha value is 0.0100. The van der Waals surface area contributed by atoms with Crippen molar-refractivity contribution < 1.29 is 0 Å². The Balaban J connectivity index is 1.65. The summed E-state index contributed by atoms with van der Waals surface area (Å²) in [6, 6.07) is 3.76. The molecule has 0 amide bonds. The Morgan fingerprint density at radius 2 is 2.29 bits per heavy atom. The Morgan fingerprint density at radius 3 is 3.12 bits per heavy atom. The van der Waals surface area contributed by atoms with Crippen LogP contribution in [0.4, 0.5) is 0 Å². The minimum Gasteiger partial charge on any atom is -0.307 e. The van der Waals surface area contributed by atoms with Crippen molar-refractivity contribution in [2.24, 2.45) is 5.92 Å². The predicted octanol–water partition coefficient (Wildman–Crippen LogP) is 4.45. The van der Waals surface area contributed by atoms with Crippen molar-refractivity contribution in [3.63, 3.8) is 0 Å². The Bertz CT molecular complexity index is 387. The van der Waals surface area contributed by atoms with E-state index in [1.165, 1.54) is 25.7 Å². The Labute approximate surface area is 112 Å². The number of fused-ring (bicyclic) bond motifs is 1. The minimum atomic E-state index is 0.624. The molecule has 1 saturated carbocycles. The molecular formula is C14H21NS2. The fourth-order valence-corrected chi connectivity index (χ4v) is 5.47. The summed E-state index contributed by atoms with van der Waals surface area (Å²) >= 11 is 3.97. The molecule has 17 heavy (non-hydrogen) atoms. The molecule has 1 N–H and O–H groups in total. The summed E-state index contributed by atoms with van der Waals surface area (Å²) in [5.74, 6) is 0.965. The maximum absolute atomic E-state index is 3.89. The molecule has 1 aromatic heterocycles. The van der Waals surface area contributed by atoms with Gasteiger partial charge in [0.05, 0.1) is 4.21 Å². The van der Waals surface area contributed by atoms with Crippen molar-refractivity contribution in [1.29, 1.82) is 0 Å². The average molecular weight is 267 g/mol. The largest absolute Gasteiger partial charge is 0.307 e. The zero-order chi connectivity index (χ0) is 11.8. The molecule has 1 aliphatic heterocycles. The van der Waals surface area contributed by atoms with Gasteiger partial charge in [0.2, 0.25) is 0 Å². The van der Waals surface area contributed by atoms with Crippen LogP contribution in [0.5, 0.6) is 0 Å². The van der Waals surface area contributed by atoms with Gasteiger partial charge in [-0.2, -0.15) is 0 Å². The molecule has 0 radical (unpaired) electrons. The molecule has 1 fully saturated rings. The van der Waals surface area contributed by atoms with Crippen LogP contribution < -0.4 is 5.32 Å². The van der Waals surface area contributed by atoms with Crippen LogP contribution in [-0.2, 0) is 0 Å². The van der Waals surface area contributed by atoms with Gasteiger partial charge in [-0.25, -0.2) is 0 Å². The van der Waals surface area contributed by atoms with E-state index in [1.807, 2.05) is 11.3 Å². The lowest BCUT2D eigenvalue weighted by Gasteiger charge is -2.28. The first-order chi connectivity index (χ1) is 8.28. The molecule has 2 heterocycles. The van der Waals surface area contributed by atoms with Crippen LogP contribution >= 0.6 is 23.1 Å². The smallest absolute Gasteiger partial charge is 0.0649 e. The molecule has 1 aliphatic carbocycles. The van der Waals surface area contributed by atoms with Gasteiger partial charge < -0.3 is 5.32 Å². The molecule has 0 spiro atoms. The molecule has 2 aliphatic rings. The van der Waals surface area contributed by atoms with Gasteiger partial charge in [0, 0.05) is 17.3 Å². The lowest BCUT2D eigenvalue weighted by Crippen LogP contribution is -2.29. The summed E-state index contributed by atoms with van der Waals surface area (Å²) in [4.78, 5) is 0. The number of thioether (sulfide) groups is 1. The molecule has 1 nitrogen and oxygen atoms in total. The van der Waals surface area contributed by atoms with Crippen LogP contribution in [0.2, 0.25) is 0 Å². The van der Waals surface area contributed by atoms with E-state index in [4.69, 9.17) is 0 Å². The lowest BCUT2D eigenvalue weighted by atomic mass is 10.0. The maximum Gasteiger partial charge on any atom is 0.0649 e. The van der Waals surface area contributed by atoms with E-state index >= 15 is 0 Å². The van der Waals surface area contributed by atoms with Crippen LogP contribution in [0.1, 0.15) is 51.1 Å². The number of nitrogens with one attached hydrogen (secondary N) is 1. The van der Waals surface area contributed by atoms with Crippen LogP contribution in [0.3, 0.4) is 0 Å². The first kappa shape index (κ1) is 12.1. The van der Waals surface area contributed by atoms with Crippen LogP contribution in [0.15, 0.2) is 15.7 Å². The van der Waals surface area contributed by atoms with Gasteiger partial charge in [-0.1, -0.05) is 20.3 Å². The minimum absolute atomic E-state index is 0.624. The van der Waals surface area contributed by atoms with E-state index in [0.717, 1.165) is 17.2 Å². The molecule has 3 heteroatoms. The van der Waals surface area contributed by atoms with Crippen molar-refractivity contribution in [3.8, 4) is 0 Å². The monoisotopic (exact) mass is 267 g/mol. The van der Waals surface area contributed by atoms with E-state index in [9.17, 15) is 0 Å². The first-order valence-electron chi connectivity index (χ1n) is 6.78. The molecule has 3 unspecified atom stereocenters. The summed E-state index contributed by atoms with van der Waals surface area (Å²) in [5, 5.41) is 6.91. The van der Waals surface area contributed by atoms with E-state index in [2.05, 4.69) is 42.4 Å². The van der Waals surface area contributed by atoms with Gasteiger partial charge in [0.1, 0.15) is 0 Å². The fraction of sp³-hybridized carbons (Fsp3) is 0.714. The molecule has 0 bridgehead atoms. The quantitative estimate of drug-likeness (QED) is 0.865. The van der Waals surface area contributed by atoms with Gasteiger partial charge in [-0.3, -0.25) is 0 Å². The Kier molecular flexibility index (Phi) is 3.51. The summed E-state index contributed by atoms with van der Waals surface area (Å²) < 4.78 is 1.55. The summed E-state index contributed by atoms with van der Waals surface area (Å²) in [5.41, 5.74) is 1.57. The number of rotatable bonds is 4. The van der Waals surface area contributed by atoms with Crippen molar-refractivity contribution >= 4 is 23.1 Å². The van der Waals surface area contributed by atoms with Crippen molar-refractivity contribution in [1.82, 2.24) is 5.32 Å². The number of hydrogen-bond donors (Lipinski definition) is 1. The second kappa shape index (κ2) is 4.94. The highest BCUT2D eigenvalue weighted by atomic mass is 32.2. The summed E-state index contributed by atoms with van der Waals surface area (Å²) in [6.07, 6.45) is 5.45. The Morgan fingerprint density at radius 1 is 1.41 bits per heavy atom. The van der Waals surface area contributed by atoms with E-state index in [1.54, 1.807) is 9.77 Å². The third kappa shape index (κ3) is 2.56. The van der Waals surface area contributed by atoms with Crippen molar-refractivity contribution in [3.05, 3.63) is 17.0 Å². The molecule has 1 aromatic rings. The normalized spacial score (nSPS) is 35.6. The van der Waals surface area contributed by atoms with Gasteiger partial charge in [0.25, 0.3) is 0 Å². The van der Waals surface area contributed by atoms with E-state index < -0.39 is 0 Å². The highest BCUT2D eigenvalue weighted by molar-refractivity contribution is 8.01. The molecule has 3 rings (SSSR count). The summed E-state index contributed by atoms with van der Waals surface area (Å²) in [6.45, 7) is 4.66. The van der Waals surface area contributed by atoms with Gasteiger partial charge in [-0.05, 0) is 42.2 Å². The molecule has 0 saturated heterocycles. The lowest BCUT2D eigenvalue weighted by molar-refractivity contribution is 0.465. The topological polar surface area (TPSA) is 12.0 Å². The number of thiophene rings is 1. The van der Waals surface area contributed by atoms with Crippen molar-refractivity contribution in [2.45, 2.75) is 61.1 Å². The van der Waals surface area contributed by atoms with E-state index in [-0.39, 0.29) is 0 Å². The zero-order valence-corrected chi connectivity index (χ0v) is 12.2. The summed E-state index contributed by atoms with van der Waals surface area (Å²) in [7, 11) is 0. The highest BCUT2D eigenvalue weighted by Gasteiger charge is 2.39. The highest BCUT2D eigenvalue weighted by Crippen LogP contribution is 2.46. The van der Waals surface area contributed by atoms with Crippen LogP contribution in [0, 0.1) is 5.92 Å².